The number of carbonyl (C=O) groups excluding carboxylic acids is 1. The van der Waals surface area contributed by atoms with E-state index in [1.165, 1.54) is 0 Å². The van der Waals surface area contributed by atoms with E-state index in [1.807, 2.05) is 13.8 Å². The third-order valence-corrected chi connectivity index (χ3v) is 6.23. The number of rotatable bonds is 5. The van der Waals surface area contributed by atoms with Gasteiger partial charge in [-0.25, -0.2) is 8.42 Å². The predicted molar refractivity (Wildman–Crippen MR) is 85.4 cm³/mol. The van der Waals surface area contributed by atoms with Crippen molar-refractivity contribution in [2.24, 2.45) is 11.8 Å². The van der Waals surface area contributed by atoms with E-state index in [9.17, 15) is 13.2 Å². The van der Waals surface area contributed by atoms with Crippen LogP contribution in [0.25, 0.3) is 0 Å². The van der Waals surface area contributed by atoms with Crippen molar-refractivity contribution < 1.29 is 17.9 Å². The maximum Gasteiger partial charge on any atom is 0.237 e. The highest BCUT2D eigenvalue weighted by Gasteiger charge is 2.37. The van der Waals surface area contributed by atoms with Gasteiger partial charge in [0, 0.05) is 32.2 Å². The molecule has 7 heteroatoms. The van der Waals surface area contributed by atoms with Gasteiger partial charge in [0.25, 0.3) is 0 Å². The average molecular weight is 332 g/mol. The summed E-state index contributed by atoms with van der Waals surface area (Å²) in [5.41, 5.74) is 0. The van der Waals surface area contributed by atoms with Crippen LogP contribution in [0.4, 0.5) is 0 Å². The van der Waals surface area contributed by atoms with Crippen LogP contribution in [0.2, 0.25) is 0 Å². The van der Waals surface area contributed by atoms with Crippen LogP contribution in [0, 0.1) is 11.8 Å². The van der Waals surface area contributed by atoms with E-state index in [0.717, 1.165) is 26.3 Å². The molecule has 0 aromatic heterocycles. The molecule has 2 aliphatic heterocycles. The van der Waals surface area contributed by atoms with Gasteiger partial charge in [-0.3, -0.25) is 9.69 Å². The summed E-state index contributed by atoms with van der Waals surface area (Å²) in [4.78, 5) is 16.4. The molecule has 0 aromatic carbocycles. The number of carbonyl (C=O) groups is 1. The molecular formula is C15H28N2O4S. The van der Waals surface area contributed by atoms with Crippen LogP contribution in [0.15, 0.2) is 0 Å². The first-order chi connectivity index (χ1) is 10.3. The number of morpholine rings is 1. The summed E-state index contributed by atoms with van der Waals surface area (Å²) in [6, 6.07) is 0.320. The highest BCUT2D eigenvalue weighted by atomic mass is 32.2. The molecule has 2 unspecified atom stereocenters. The molecule has 2 fully saturated rings. The Morgan fingerprint density at radius 2 is 1.86 bits per heavy atom. The van der Waals surface area contributed by atoms with Gasteiger partial charge in [0.15, 0.2) is 9.84 Å². The third-order valence-electron chi connectivity index (χ3n) is 4.37. The number of hydrogen-bond acceptors (Lipinski definition) is 5. The van der Waals surface area contributed by atoms with Gasteiger partial charge in [-0.1, -0.05) is 20.8 Å². The van der Waals surface area contributed by atoms with Crippen LogP contribution in [-0.2, 0) is 19.4 Å². The molecule has 22 heavy (non-hydrogen) atoms. The molecular weight excluding hydrogens is 304 g/mol. The van der Waals surface area contributed by atoms with E-state index in [1.54, 1.807) is 4.90 Å². The van der Waals surface area contributed by atoms with Crippen molar-refractivity contribution in [1.82, 2.24) is 9.80 Å². The fraction of sp³-hybridized carbons (Fsp3) is 0.933. The second kappa shape index (κ2) is 7.27. The minimum absolute atomic E-state index is 0.0522. The van der Waals surface area contributed by atoms with E-state index >= 15 is 0 Å². The number of hydrogen-bond donors (Lipinski definition) is 0. The summed E-state index contributed by atoms with van der Waals surface area (Å²) in [5.74, 6) is -0.0996. The molecule has 0 bridgehead atoms. The van der Waals surface area contributed by atoms with Crippen LogP contribution < -0.4 is 0 Å². The standard InChI is InChI=1S/C15H28N2O4S/c1-12(2)10-22(19,20)11-15(18)17-8-13(3)14(9-17)16-4-6-21-7-5-16/h12-14H,4-11H2,1-3H3. The highest BCUT2D eigenvalue weighted by molar-refractivity contribution is 7.92. The normalized spacial score (nSPS) is 27.5. The van der Waals surface area contributed by atoms with Crippen molar-refractivity contribution in [1.29, 1.82) is 0 Å². The van der Waals surface area contributed by atoms with Crippen LogP contribution in [-0.4, -0.2) is 81.1 Å². The van der Waals surface area contributed by atoms with Crippen molar-refractivity contribution in [3.63, 3.8) is 0 Å². The first kappa shape index (κ1) is 17.7. The van der Waals surface area contributed by atoms with Gasteiger partial charge in [-0.2, -0.15) is 0 Å². The van der Waals surface area contributed by atoms with Gasteiger partial charge in [-0.15, -0.1) is 0 Å². The first-order valence-electron chi connectivity index (χ1n) is 8.08. The molecule has 2 aliphatic rings. The first-order valence-corrected chi connectivity index (χ1v) is 9.90. The van der Waals surface area contributed by atoms with Crippen molar-refractivity contribution in [3.05, 3.63) is 0 Å². The minimum atomic E-state index is -3.30. The van der Waals surface area contributed by atoms with Crippen molar-refractivity contribution in [2.75, 3.05) is 50.9 Å². The maximum atomic E-state index is 12.3. The predicted octanol–water partition coefficient (Wildman–Crippen LogP) is 0.236. The zero-order chi connectivity index (χ0) is 16.3. The Hall–Kier alpha value is -0.660. The van der Waals surface area contributed by atoms with E-state index in [2.05, 4.69) is 11.8 Å². The molecule has 0 N–H and O–H groups in total. The van der Waals surface area contributed by atoms with Gasteiger partial charge >= 0.3 is 0 Å². The van der Waals surface area contributed by atoms with E-state index in [0.29, 0.717) is 25.0 Å². The third kappa shape index (κ3) is 4.67. The highest BCUT2D eigenvalue weighted by Crippen LogP contribution is 2.23. The lowest BCUT2D eigenvalue weighted by Crippen LogP contribution is -2.47. The lowest BCUT2D eigenvalue weighted by molar-refractivity contribution is -0.127. The lowest BCUT2D eigenvalue weighted by atomic mass is 10.0. The molecule has 0 aromatic rings. The molecule has 1 amide bonds. The Morgan fingerprint density at radius 3 is 2.45 bits per heavy atom. The molecule has 2 heterocycles. The fourth-order valence-corrected chi connectivity index (χ4v) is 5.08. The second-order valence-electron chi connectivity index (χ2n) is 6.94. The zero-order valence-electron chi connectivity index (χ0n) is 13.8. The Bertz CT molecular complexity index is 486. The van der Waals surface area contributed by atoms with Crippen LogP contribution >= 0.6 is 0 Å². The number of ether oxygens (including phenoxy) is 1. The summed E-state index contributed by atoms with van der Waals surface area (Å²) in [7, 11) is -3.30. The lowest BCUT2D eigenvalue weighted by Gasteiger charge is -2.33. The van der Waals surface area contributed by atoms with Crippen molar-refractivity contribution in [2.45, 2.75) is 26.8 Å². The molecule has 0 saturated carbocycles. The number of sulfone groups is 1. The summed E-state index contributed by atoms with van der Waals surface area (Å²) in [5, 5.41) is 0. The maximum absolute atomic E-state index is 12.3. The summed E-state index contributed by atoms with van der Waals surface area (Å²) in [6.07, 6.45) is 0. The molecule has 2 rings (SSSR count). The van der Waals surface area contributed by atoms with Crippen LogP contribution in [0.5, 0.6) is 0 Å². The van der Waals surface area contributed by atoms with E-state index in [-0.39, 0.29) is 23.3 Å². The quantitative estimate of drug-likeness (QED) is 0.721. The minimum Gasteiger partial charge on any atom is -0.379 e. The molecule has 0 aliphatic carbocycles. The Morgan fingerprint density at radius 1 is 1.23 bits per heavy atom. The summed E-state index contributed by atoms with van der Waals surface area (Å²) >= 11 is 0. The second-order valence-corrected chi connectivity index (χ2v) is 9.05. The topological polar surface area (TPSA) is 66.9 Å². The monoisotopic (exact) mass is 332 g/mol. The number of nitrogens with zero attached hydrogens (tertiary/aromatic N) is 2. The average Bonchev–Trinajstić information content (AvgIpc) is 2.80. The summed E-state index contributed by atoms with van der Waals surface area (Å²) < 4.78 is 29.4. The zero-order valence-corrected chi connectivity index (χ0v) is 14.6. The van der Waals surface area contributed by atoms with Gasteiger partial charge in [0.2, 0.25) is 5.91 Å². The van der Waals surface area contributed by atoms with E-state index in [4.69, 9.17) is 4.74 Å². The smallest absolute Gasteiger partial charge is 0.237 e. The SMILES string of the molecule is CC(C)CS(=O)(=O)CC(=O)N1CC(C)C(N2CCOCC2)C1. The van der Waals surface area contributed by atoms with Crippen LogP contribution in [0.1, 0.15) is 20.8 Å². The van der Waals surface area contributed by atoms with Gasteiger partial charge in [0.05, 0.1) is 19.0 Å². The van der Waals surface area contributed by atoms with E-state index < -0.39 is 9.84 Å². The Labute approximate surface area is 133 Å². The molecule has 0 radical (unpaired) electrons. The molecule has 128 valence electrons. The molecule has 2 atom stereocenters. The van der Waals surface area contributed by atoms with Gasteiger partial charge in [-0.05, 0) is 11.8 Å². The van der Waals surface area contributed by atoms with Gasteiger partial charge < -0.3 is 9.64 Å². The van der Waals surface area contributed by atoms with Crippen LogP contribution in [0.3, 0.4) is 0 Å². The van der Waals surface area contributed by atoms with Gasteiger partial charge in [0.1, 0.15) is 5.75 Å². The molecule has 0 spiro atoms. The molecule has 2 saturated heterocycles. The Balaban J connectivity index is 1.92. The Kier molecular flexibility index (Phi) is 5.85. The number of amides is 1. The van der Waals surface area contributed by atoms with Crippen molar-refractivity contribution in [3.8, 4) is 0 Å². The largest absolute Gasteiger partial charge is 0.379 e. The molecule has 6 nitrogen and oxygen atoms in total. The number of likely N-dealkylation sites (tertiary alicyclic amines) is 1. The summed E-state index contributed by atoms with van der Waals surface area (Å²) in [6.45, 7) is 10.4. The van der Waals surface area contributed by atoms with Crippen molar-refractivity contribution >= 4 is 15.7 Å². The fourth-order valence-electron chi connectivity index (χ4n) is 3.38.